The summed E-state index contributed by atoms with van der Waals surface area (Å²) in [5.41, 5.74) is 4.99. The van der Waals surface area contributed by atoms with Crippen LogP contribution in [-0.2, 0) is 0 Å². The summed E-state index contributed by atoms with van der Waals surface area (Å²) in [6.07, 6.45) is 8.91. The number of hydrogen-bond acceptors (Lipinski definition) is 2. The van der Waals surface area contributed by atoms with Gasteiger partial charge in [0.2, 0.25) is 0 Å². The Bertz CT molecular complexity index is 545. The molecule has 0 aromatic heterocycles. The summed E-state index contributed by atoms with van der Waals surface area (Å²) in [5.74, 6) is 1.04. The molecule has 0 N–H and O–H groups in total. The standard InChI is InChI=1S/C21H32N2/c1-17-7-6-10-20(18(17)2)23-15-21(16-23)13-22(14-21)12-11-19-8-4-3-5-9-19/h6-7,10,19H,3-5,8-9,11-16H2,1-2H3. The van der Waals surface area contributed by atoms with Gasteiger partial charge in [-0.25, -0.2) is 0 Å². The highest BCUT2D eigenvalue weighted by atomic mass is 15.3. The summed E-state index contributed by atoms with van der Waals surface area (Å²) in [7, 11) is 0. The Morgan fingerprint density at radius 1 is 1.00 bits per heavy atom. The SMILES string of the molecule is Cc1cccc(N2CC3(CN(CCC4CCCCC4)C3)C2)c1C. The van der Waals surface area contributed by atoms with E-state index >= 15 is 0 Å². The summed E-state index contributed by atoms with van der Waals surface area (Å²) in [6, 6.07) is 6.74. The van der Waals surface area contributed by atoms with Crippen LogP contribution in [0.3, 0.4) is 0 Å². The van der Waals surface area contributed by atoms with Gasteiger partial charge >= 0.3 is 0 Å². The van der Waals surface area contributed by atoms with Gasteiger partial charge in [0, 0.05) is 37.3 Å². The normalized spacial score (nSPS) is 24.5. The van der Waals surface area contributed by atoms with Gasteiger partial charge in [-0.05, 0) is 49.9 Å². The Morgan fingerprint density at radius 2 is 1.74 bits per heavy atom. The molecule has 1 aliphatic carbocycles. The topological polar surface area (TPSA) is 6.48 Å². The molecule has 3 fully saturated rings. The van der Waals surface area contributed by atoms with E-state index in [2.05, 4.69) is 41.8 Å². The largest absolute Gasteiger partial charge is 0.370 e. The maximum Gasteiger partial charge on any atom is 0.0399 e. The third-order valence-corrected chi connectivity index (χ3v) is 6.67. The Kier molecular flexibility index (Phi) is 4.13. The fraction of sp³-hybridized carbons (Fsp3) is 0.714. The van der Waals surface area contributed by atoms with Crippen LogP contribution in [0.4, 0.5) is 5.69 Å². The van der Waals surface area contributed by atoms with Crippen molar-refractivity contribution in [2.45, 2.75) is 52.4 Å². The minimum absolute atomic E-state index is 0.628. The monoisotopic (exact) mass is 312 g/mol. The molecule has 3 aliphatic rings. The van der Waals surface area contributed by atoms with Crippen LogP contribution < -0.4 is 4.90 Å². The number of nitrogens with zero attached hydrogens (tertiary/aromatic N) is 2. The molecule has 0 radical (unpaired) electrons. The van der Waals surface area contributed by atoms with E-state index in [0.717, 1.165) is 5.92 Å². The molecule has 2 heteroatoms. The Morgan fingerprint density at radius 3 is 2.48 bits per heavy atom. The lowest BCUT2D eigenvalue weighted by Crippen LogP contribution is -2.72. The quantitative estimate of drug-likeness (QED) is 0.813. The molecule has 1 spiro atoms. The maximum atomic E-state index is 2.72. The first-order valence-corrected chi connectivity index (χ1v) is 9.69. The van der Waals surface area contributed by atoms with Gasteiger partial charge in [-0.1, -0.05) is 44.2 Å². The Labute approximate surface area is 141 Å². The molecule has 2 aliphatic heterocycles. The number of benzene rings is 1. The molecular formula is C21H32N2. The second kappa shape index (κ2) is 6.12. The molecule has 0 amide bonds. The van der Waals surface area contributed by atoms with Crippen LogP contribution in [0.25, 0.3) is 0 Å². The van der Waals surface area contributed by atoms with Gasteiger partial charge < -0.3 is 9.80 Å². The van der Waals surface area contributed by atoms with Gasteiger partial charge in [-0.15, -0.1) is 0 Å². The number of hydrogen-bond donors (Lipinski definition) is 0. The van der Waals surface area contributed by atoms with Crippen molar-refractivity contribution >= 4 is 5.69 Å². The van der Waals surface area contributed by atoms with E-state index in [1.165, 1.54) is 88.1 Å². The van der Waals surface area contributed by atoms with Gasteiger partial charge in [0.05, 0.1) is 0 Å². The smallest absolute Gasteiger partial charge is 0.0399 e. The van der Waals surface area contributed by atoms with Crippen LogP contribution in [0.15, 0.2) is 18.2 Å². The molecular weight excluding hydrogens is 280 g/mol. The van der Waals surface area contributed by atoms with E-state index in [1.54, 1.807) is 0 Å². The van der Waals surface area contributed by atoms with E-state index in [9.17, 15) is 0 Å². The minimum atomic E-state index is 0.628. The van der Waals surface area contributed by atoms with E-state index in [0.29, 0.717) is 5.41 Å². The van der Waals surface area contributed by atoms with Gasteiger partial charge in [0.25, 0.3) is 0 Å². The Balaban J connectivity index is 1.23. The van der Waals surface area contributed by atoms with Gasteiger partial charge in [-0.2, -0.15) is 0 Å². The van der Waals surface area contributed by atoms with Crippen LogP contribution in [0, 0.1) is 25.2 Å². The molecule has 1 saturated carbocycles. The van der Waals surface area contributed by atoms with Crippen LogP contribution in [0.5, 0.6) is 0 Å². The van der Waals surface area contributed by atoms with Gasteiger partial charge in [-0.3, -0.25) is 0 Å². The third kappa shape index (κ3) is 3.03. The predicted octanol–water partition coefficient (Wildman–Crippen LogP) is 4.40. The predicted molar refractivity (Wildman–Crippen MR) is 98.2 cm³/mol. The fourth-order valence-corrected chi connectivity index (χ4v) is 5.11. The molecule has 4 rings (SSSR count). The summed E-state index contributed by atoms with van der Waals surface area (Å²) >= 11 is 0. The van der Waals surface area contributed by atoms with E-state index < -0.39 is 0 Å². The zero-order valence-corrected chi connectivity index (χ0v) is 15.0. The molecule has 2 heterocycles. The number of likely N-dealkylation sites (tertiary alicyclic amines) is 1. The van der Waals surface area contributed by atoms with Crippen LogP contribution in [0.2, 0.25) is 0 Å². The number of aryl methyl sites for hydroxylation is 1. The molecule has 2 saturated heterocycles. The lowest BCUT2D eigenvalue weighted by molar-refractivity contribution is -0.0251. The first kappa shape index (κ1) is 15.5. The van der Waals surface area contributed by atoms with Crippen molar-refractivity contribution < 1.29 is 0 Å². The van der Waals surface area contributed by atoms with E-state index in [1.807, 2.05) is 0 Å². The molecule has 0 unspecified atom stereocenters. The van der Waals surface area contributed by atoms with Crippen LogP contribution in [0.1, 0.15) is 49.7 Å². The van der Waals surface area contributed by atoms with Gasteiger partial charge in [0.15, 0.2) is 0 Å². The number of rotatable bonds is 4. The van der Waals surface area contributed by atoms with Crippen LogP contribution >= 0.6 is 0 Å². The highest BCUT2D eigenvalue weighted by molar-refractivity contribution is 5.58. The molecule has 23 heavy (non-hydrogen) atoms. The molecule has 2 nitrogen and oxygen atoms in total. The summed E-state index contributed by atoms with van der Waals surface area (Å²) in [5, 5.41) is 0. The maximum absolute atomic E-state index is 2.72. The molecule has 126 valence electrons. The van der Waals surface area contributed by atoms with Crippen molar-refractivity contribution in [2.75, 3.05) is 37.6 Å². The first-order chi connectivity index (χ1) is 11.2. The van der Waals surface area contributed by atoms with Crippen molar-refractivity contribution in [1.82, 2.24) is 4.90 Å². The summed E-state index contributed by atoms with van der Waals surface area (Å²) < 4.78 is 0. The second-order valence-corrected chi connectivity index (χ2v) is 8.58. The molecule has 0 bridgehead atoms. The first-order valence-electron chi connectivity index (χ1n) is 9.69. The average molecular weight is 313 g/mol. The lowest BCUT2D eigenvalue weighted by Gasteiger charge is -2.61. The third-order valence-electron chi connectivity index (χ3n) is 6.67. The zero-order chi connectivity index (χ0) is 15.9. The minimum Gasteiger partial charge on any atom is -0.370 e. The second-order valence-electron chi connectivity index (χ2n) is 8.58. The van der Waals surface area contributed by atoms with Crippen molar-refractivity contribution in [3.63, 3.8) is 0 Å². The van der Waals surface area contributed by atoms with E-state index in [-0.39, 0.29) is 0 Å². The van der Waals surface area contributed by atoms with Crippen molar-refractivity contribution in [3.8, 4) is 0 Å². The summed E-state index contributed by atoms with van der Waals surface area (Å²) in [4.78, 5) is 5.32. The van der Waals surface area contributed by atoms with Crippen molar-refractivity contribution in [1.29, 1.82) is 0 Å². The average Bonchev–Trinajstić information content (AvgIpc) is 2.49. The van der Waals surface area contributed by atoms with Crippen molar-refractivity contribution in [2.24, 2.45) is 11.3 Å². The fourth-order valence-electron chi connectivity index (χ4n) is 5.11. The summed E-state index contributed by atoms with van der Waals surface area (Å²) in [6.45, 7) is 11.1. The zero-order valence-electron chi connectivity index (χ0n) is 15.0. The molecule has 0 atom stereocenters. The lowest BCUT2D eigenvalue weighted by atomic mass is 9.72. The Hall–Kier alpha value is -1.02. The highest BCUT2D eigenvalue weighted by Gasteiger charge is 2.51. The van der Waals surface area contributed by atoms with Gasteiger partial charge in [0.1, 0.15) is 0 Å². The molecule has 1 aromatic rings. The van der Waals surface area contributed by atoms with Crippen LogP contribution in [-0.4, -0.2) is 37.6 Å². The van der Waals surface area contributed by atoms with Crippen molar-refractivity contribution in [3.05, 3.63) is 29.3 Å². The number of anilines is 1. The highest BCUT2D eigenvalue weighted by Crippen LogP contribution is 2.43. The molecule has 1 aromatic carbocycles. The van der Waals surface area contributed by atoms with E-state index in [4.69, 9.17) is 0 Å².